The number of benzene rings is 2. The summed E-state index contributed by atoms with van der Waals surface area (Å²) in [6, 6.07) is 10.9. The predicted octanol–water partition coefficient (Wildman–Crippen LogP) is 1.39. The van der Waals surface area contributed by atoms with Crippen LogP contribution >= 0.6 is 0 Å². The third-order valence-corrected chi connectivity index (χ3v) is 6.37. The van der Waals surface area contributed by atoms with Crippen molar-refractivity contribution in [1.82, 2.24) is 10.6 Å². The summed E-state index contributed by atoms with van der Waals surface area (Å²) in [5.41, 5.74) is 0.458. The van der Waals surface area contributed by atoms with E-state index in [1.54, 1.807) is 24.3 Å². The molecule has 0 saturated carbocycles. The van der Waals surface area contributed by atoms with Gasteiger partial charge in [0.25, 0.3) is 0 Å². The van der Waals surface area contributed by atoms with Gasteiger partial charge in [0.2, 0.25) is 11.8 Å². The number of methoxy groups -OCH3 is 1. The molecule has 2 amide bonds. The molecule has 0 spiro atoms. The molecule has 2 aromatic carbocycles. The quantitative estimate of drug-likeness (QED) is 0.513. The Morgan fingerprint density at radius 2 is 1.69 bits per heavy atom. The summed E-state index contributed by atoms with van der Waals surface area (Å²) in [5, 5.41) is 4.91. The first-order chi connectivity index (χ1) is 15.1. The van der Waals surface area contributed by atoms with Crippen molar-refractivity contribution < 1.29 is 31.9 Å². The maximum absolute atomic E-state index is 13.5. The number of sulfone groups is 1. The van der Waals surface area contributed by atoms with Crippen LogP contribution < -0.4 is 10.6 Å². The minimum Gasteiger partial charge on any atom is -0.467 e. The van der Waals surface area contributed by atoms with E-state index in [0.29, 0.717) is 5.56 Å². The summed E-state index contributed by atoms with van der Waals surface area (Å²) in [6.07, 6.45) is -0.262. The number of carbonyl (C=O) groups is 3. The van der Waals surface area contributed by atoms with E-state index < -0.39 is 51.3 Å². The average Bonchev–Trinajstić information content (AvgIpc) is 2.75. The van der Waals surface area contributed by atoms with E-state index >= 15 is 0 Å². The van der Waals surface area contributed by atoms with Gasteiger partial charge in [-0.25, -0.2) is 17.6 Å². The molecule has 8 nitrogen and oxygen atoms in total. The normalized spacial score (nSPS) is 13.0. The molecule has 2 rings (SSSR count). The monoisotopic (exact) mass is 464 g/mol. The van der Waals surface area contributed by atoms with Gasteiger partial charge in [0.05, 0.1) is 17.8 Å². The molecule has 0 saturated heterocycles. The van der Waals surface area contributed by atoms with Crippen LogP contribution in [0.5, 0.6) is 0 Å². The largest absolute Gasteiger partial charge is 0.467 e. The highest BCUT2D eigenvalue weighted by Gasteiger charge is 2.29. The van der Waals surface area contributed by atoms with Crippen molar-refractivity contribution in [3.8, 4) is 0 Å². The number of hydrogen-bond donors (Lipinski definition) is 2. The Kier molecular flexibility index (Phi) is 8.89. The van der Waals surface area contributed by atoms with Crippen LogP contribution in [-0.4, -0.2) is 51.1 Å². The summed E-state index contributed by atoms with van der Waals surface area (Å²) in [4.78, 5) is 36.7. The van der Waals surface area contributed by atoms with Crippen LogP contribution in [0.4, 0.5) is 4.39 Å². The van der Waals surface area contributed by atoms with Gasteiger partial charge in [-0.15, -0.1) is 0 Å². The van der Waals surface area contributed by atoms with Gasteiger partial charge in [-0.2, -0.15) is 0 Å². The minimum atomic E-state index is -3.70. The molecule has 0 fully saturated rings. The van der Waals surface area contributed by atoms with Gasteiger partial charge in [0.15, 0.2) is 9.84 Å². The van der Waals surface area contributed by atoms with Crippen molar-refractivity contribution in [2.75, 3.05) is 12.9 Å². The van der Waals surface area contributed by atoms with Crippen molar-refractivity contribution >= 4 is 27.6 Å². The van der Waals surface area contributed by atoms with E-state index in [-0.39, 0.29) is 17.7 Å². The lowest BCUT2D eigenvalue weighted by atomic mass is 10.0. The molecule has 0 aliphatic carbocycles. The number of halogens is 1. The number of esters is 1. The van der Waals surface area contributed by atoms with Crippen LogP contribution in [0.3, 0.4) is 0 Å². The number of hydrogen-bond acceptors (Lipinski definition) is 6. The van der Waals surface area contributed by atoms with Crippen LogP contribution in [0.2, 0.25) is 0 Å². The molecule has 2 N–H and O–H groups in total. The molecule has 0 bridgehead atoms. The highest BCUT2D eigenvalue weighted by atomic mass is 32.2. The second-order valence-electron chi connectivity index (χ2n) is 7.09. The molecule has 0 aromatic heterocycles. The number of amides is 2. The van der Waals surface area contributed by atoms with Crippen molar-refractivity contribution in [3.05, 3.63) is 66.0 Å². The van der Waals surface area contributed by atoms with Crippen LogP contribution in [-0.2, 0) is 35.4 Å². The molecule has 10 heteroatoms. The lowest BCUT2D eigenvalue weighted by Crippen LogP contribution is -2.52. The van der Waals surface area contributed by atoms with Gasteiger partial charge in [-0.1, -0.05) is 30.3 Å². The van der Waals surface area contributed by atoms with Gasteiger partial charge in [0, 0.05) is 13.3 Å². The van der Waals surface area contributed by atoms with E-state index in [1.807, 2.05) is 0 Å². The first-order valence-electron chi connectivity index (χ1n) is 9.80. The first kappa shape index (κ1) is 25.0. The molecule has 2 aromatic rings. The van der Waals surface area contributed by atoms with E-state index in [1.165, 1.54) is 37.3 Å². The number of carbonyl (C=O) groups excluding carboxylic acids is 3. The zero-order chi connectivity index (χ0) is 23.7. The van der Waals surface area contributed by atoms with Gasteiger partial charge < -0.3 is 15.4 Å². The Morgan fingerprint density at radius 1 is 1.00 bits per heavy atom. The molecule has 172 valence electrons. The van der Waals surface area contributed by atoms with Crippen molar-refractivity contribution in [2.45, 2.75) is 36.7 Å². The van der Waals surface area contributed by atoms with Crippen molar-refractivity contribution in [2.24, 2.45) is 0 Å². The Hall–Kier alpha value is -3.27. The average molecular weight is 465 g/mol. The molecule has 0 heterocycles. The van der Waals surface area contributed by atoms with Crippen molar-refractivity contribution in [1.29, 1.82) is 0 Å². The summed E-state index contributed by atoms with van der Waals surface area (Å²) in [5.74, 6) is -2.96. The number of nitrogens with one attached hydrogen (secondary N) is 2. The minimum absolute atomic E-state index is 0.0284. The standard InChI is InChI=1S/C22H25FN2O6S/c1-15(26)24-20(14-16-7-6-8-17(23)13-16)21(27)25-19(22(28)31-2)11-12-32(29,30)18-9-4-3-5-10-18/h3-10,13,19-20H,11-12,14H2,1-2H3,(H,24,26)(H,25,27)/t19-,20-/m0/s1. The molecule has 2 atom stereocenters. The van der Waals surface area contributed by atoms with Crippen LogP contribution in [0, 0.1) is 5.82 Å². The van der Waals surface area contributed by atoms with Crippen LogP contribution in [0.25, 0.3) is 0 Å². The molecule has 32 heavy (non-hydrogen) atoms. The van der Waals surface area contributed by atoms with Gasteiger partial charge in [0.1, 0.15) is 17.9 Å². The third kappa shape index (κ3) is 7.45. The summed E-state index contributed by atoms with van der Waals surface area (Å²) < 4.78 is 43.2. The van der Waals surface area contributed by atoms with E-state index in [2.05, 4.69) is 10.6 Å². The number of rotatable bonds is 10. The number of ether oxygens (including phenoxy) is 1. The van der Waals surface area contributed by atoms with Crippen molar-refractivity contribution in [3.63, 3.8) is 0 Å². The van der Waals surface area contributed by atoms with Crippen LogP contribution in [0.15, 0.2) is 59.5 Å². The first-order valence-corrected chi connectivity index (χ1v) is 11.4. The van der Waals surface area contributed by atoms with Gasteiger partial charge in [-0.05, 0) is 36.2 Å². The smallest absolute Gasteiger partial charge is 0.328 e. The fraction of sp³-hybridized carbons (Fsp3) is 0.318. The van der Waals surface area contributed by atoms with Gasteiger partial charge in [-0.3, -0.25) is 9.59 Å². The second kappa shape index (κ2) is 11.4. The maximum Gasteiger partial charge on any atom is 0.328 e. The highest BCUT2D eigenvalue weighted by molar-refractivity contribution is 7.91. The van der Waals surface area contributed by atoms with Gasteiger partial charge >= 0.3 is 5.97 Å². The van der Waals surface area contributed by atoms with E-state index in [4.69, 9.17) is 4.74 Å². The van der Waals surface area contributed by atoms with Crippen LogP contribution in [0.1, 0.15) is 18.9 Å². The topological polar surface area (TPSA) is 119 Å². The zero-order valence-corrected chi connectivity index (χ0v) is 18.5. The third-order valence-electron chi connectivity index (χ3n) is 4.60. The molecule has 0 radical (unpaired) electrons. The summed E-state index contributed by atoms with van der Waals surface area (Å²) in [7, 11) is -2.58. The highest BCUT2D eigenvalue weighted by Crippen LogP contribution is 2.13. The Morgan fingerprint density at radius 3 is 2.28 bits per heavy atom. The van der Waals surface area contributed by atoms with E-state index in [9.17, 15) is 27.2 Å². The predicted molar refractivity (Wildman–Crippen MR) is 115 cm³/mol. The SMILES string of the molecule is COC(=O)[C@H](CCS(=O)(=O)c1ccccc1)NC(=O)[C@H](Cc1cccc(F)c1)NC(C)=O. The Bertz CT molecular complexity index is 1060. The fourth-order valence-electron chi connectivity index (χ4n) is 3.04. The molecule has 0 aliphatic heterocycles. The summed E-state index contributed by atoms with van der Waals surface area (Å²) >= 11 is 0. The Labute approximate surface area is 186 Å². The molecule has 0 aliphatic rings. The maximum atomic E-state index is 13.5. The Balaban J connectivity index is 2.14. The fourth-order valence-corrected chi connectivity index (χ4v) is 4.39. The summed E-state index contributed by atoms with van der Waals surface area (Å²) in [6.45, 7) is 1.22. The molecular weight excluding hydrogens is 439 g/mol. The zero-order valence-electron chi connectivity index (χ0n) is 17.7. The van der Waals surface area contributed by atoms with E-state index in [0.717, 1.165) is 7.11 Å². The molecule has 0 unspecified atom stereocenters. The molecular formula is C22H25FN2O6S. The second-order valence-corrected chi connectivity index (χ2v) is 9.20. The lowest BCUT2D eigenvalue weighted by Gasteiger charge is -2.22. The lowest BCUT2D eigenvalue weighted by molar-refractivity contribution is -0.145.